The Kier molecular flexibility index (Phi) is 4.51. The molecule has 0 spiro atoms. The summed E-state index contributed by atoms with van der Waals surface area (Å²) in [6.07, 6.45) is -0.353. The number of aromatic nitrogens is 5. The molecule has 0 radical (unpaired) electrons. The Morgan fingerprint density at radius 1 is 1.46 bits per heavy atom. The molecule has 2 aromatic rings. The van der Waals surface area contributed by atoms with Crippen molar-refractivity contribution in [2.24, 2.45) is 0 Å². The van der Waals surface area contributed by atoms with Gasteiger partial charge < -0.3 is 10.6 Å². The molecule has 1 aliphatic heterocycles. The van der Waals surface area contributed by atoms with Gasteiger partial charge in [0.25, 0.3) is 5.91 Å². The SMILES string of the molecule is O=C(NCC(n1cccn1)C(F)(F)F)c1n[nH]nc1C1CCCN1. The minimum atomic E-state index is -4.54. The number of hydrogen-bond donors (Lipinski definition) is 3. The van der Waals surface area contributed by atoms with E-state index in [1.807, 2.05) is 0 Å². The lowest BCUT2D eigenvalue weighted by Gasteiger charge is -2.21. The molecule has 2 unspecified atom stereocenters. The van der Waals surface area contributed by atoms with E-state index in [4.69, 9.17) is 0 Å². The third-order valence-electron chi connectivity index (χ3n) is 3.86. The minimum absolute atomic E-state index is 0.00999. The first-order chi connectivity index (χ1) is 11.5. The highest BCUT2D eigenvalue weighted by Gasteiger charge is 2.42. The standard InChI is InChI=1S/C13H16F3N7O/c14-13(15,16)9(23-6-2-5-19-23)7-18-12(24)11-10(20-22-21-11)8-3-1-4-17-8/h2,5-6,8-9,17H,1,3-4,7H2,(H,18,24)(H,20,21,22). The fourth-order valence-corrected chi connectivity index (χ4v) is 2.66. The summed E-state index contributed by atoms with van der Waals surface area (Å²) >= 11 is 0. The Balaban J connectivity index is 1.70. The van der Waals surface area contributed by atoms with Crippen LogP contribution in [0.2, 0.25) is 0 Å². The molecule has 3 heterocycles. The number of carbonyl (C=O) groups is 1. The topological polar surface area (TPSA) is 101 Å². The third-order valence-corrected chi connectivity index (χ3v) is 3.86. The molecule has 2 aromatic heterocycles. The van der Waals surface area contributed by atoms with E-state index >= 15 is 0 Å². The predicted molar refractivity (Wildman–Crippen MR) is 76.0 cm³/mol. The van der Waals surface area contributed by atoms with Gasteiger partial charge in [0.1, 0.15) is 5.69 Å². The van der Waals surface area contributed by atoms with E-state index in [9.17, 15) is 18.0 Å². The Hall–Kier alpha value is -2.43. The van der Waals surface area contributed by atoms with Crippen molar-refractivity contribution in [2.45, 2.75) is 31.1 Å². The fourth-order valence-electron chi connectivity index (χ4n) is 2.66. The van der Waals surface area contributed by atoms with Gasteiger partial charge in [-0.25, -0.2) is 0 Å². The molecule has 0 bridgehead atoms. The number of carbonyl (C=O) groups excluding carboxylic acids is 1. The Morgan fingerprint density at radius 3 is 2.92 bits per heavy atom. The van der Waals surface area contributed by atoms with Crippen LogP contribution in [0.4, 0.5) is 13.2 Å². The van der Waals surface area contributed by atoms with Crippen molar-refractivity contribution in [3.05, 3.63) is 29.8 Å². The van der Waals surface area contributed by atoms with E-state index < -0.39 is 24.7 Å². The molecule has 0 aliphatic carbocycles. The number of H-pyrrole nitrogens is 1. The first-order valence-electron chi connectivity index (χ1n) is 7.45. The summed E-state index contributed by atoms with van der Waals surface area (Å²) in [6, 6.07) is -0.673. The van der Waals surface area contributed by atoms with Crippen LogP contribution in [-0.2, 0) is 0 Å². The highest BCUT2D eigenvalue weighted by Crippen LogP contribution is 2.29. The summed E-state index contributed by atoms with van der Waals surface area (Å²) in [5.74, 6) is -0.700. The van der Waals surface area contributed by atoms with Gasteiger partial charge in [0, 0.05) is 18.9 Å². The number of aromatic amines is 1. The maximum Gasteiger partial charge on any atom is 0.412 e. The zero-order valence-corrected chi connectivity index (χ0v) is 12.5. The molecule has 0 saturated carbocycles. The van der Waals surface area contributed by atoms with Crippen LogP contribution in [0.5, 0.6) is 0 Å². The predicted octanol–water partition coefficient (Wildman–Crippen LogP) is 0.959. The van der Waals surface area contributed by atoms with Gasteiger partial charge in [0.05, 0.1) is 6.04 Å². The number of rotatable bonds is 5. The fraction of sp³-hybridized carbons (Fsp3) is 0.538. The lowest BCUT2D eigenvalue weighted by atomic mass is 10.1. The lowest BCUT2D eigenvalue weighted by molar-refractivity contribution is -0.168. The molecular formula is C13H16F3N7O. The Labute approximate surface area is 134 Å². The number of nitrogens with one attached hydrogen (secondary N) is 3. The summed E-state index contributed by atoms with van der Waals surface area (Å²) < 4.78 is 40.2. The quantitative estimate of drug-likeness (QED) is 0.751. The van der Waals surface area contributed by atoms with E-state index in [1.54, 1.807) is 0 Å². The molecule has 11 heteroatoms. The highest BCUT2D eigenvalue weighted by molar-refractivity contribution is 5.93. The van der Waals surface area contributed by atoms with E-state index in [0.717, 1.165) is 24.1 Å². The van der Waals surface area contributed by atoms with Gasteiger partial charge in [0.2, 0.25) is 0 Å². The number of hydrogen-bond acceptors (Lipinski definition) is 5. The zero-order valence-electron chi connectivity index (χ0n) is 12.5. The van der Waals surface area contributed by atoms with Gasteiger partial charge in [0.15, 0.2) is 11.7 Å². The van der Waals surface area contributed by atoms with Crippen molar-refractivity contribution >= 4 is 5.91 Å². The molecule has 1 fully saturated rings. The van der Waals surface area contributed by atoms with Crippen LogP contribution in [0.1, 0.15) is 41.1 Å². The van der Waals surface area contributed by atoms with Crippen LogP contribution in [0.25, 0.3) is 0 Å². The molecule has 2 atom stereocenters. The molecule has 1 saturated heterocycles. The summed E-state index contributed by atoms with van der Waals surface area (Å²) in [5, 5.41) is 19.1. The van der Waals surface area contributed by atoms with Crippen molar-refractivity contribution in [3.8, 4) is 0 Å². The van der Waals surface area contributed by atoms with Crippen LogP contribution in [0.15, 0.2) is 18.5 Å². The van der Waals surface area contributed by atoms with E-state index in [-0.39, 0.29) is 11.7 Å². The second-order valence-corrected chi connectivity index (χ2v) is 5.46. The Morgan fingerprint density at radius 2 is 2.29 bits per heavy atom. The van der Waals surface area contributed by atoms with E-state index in [1.165, 1.54) is 18.5 Å². The highest BCUT2D eigenvalue weighted by atomic mass is 19.4. The van der Waals surface area contributed by atoms with Crippen molar-refractivity contribution in [2.75, 3.05) is 13.1 Å². The lowest BCUT2D eigenvalue weighted by Crippen LogP contribution is -2.39. The van der Waals surface area contributed by atoms with Crippen molar-refractivity contribution in [3.63, 3.8) is 0 Å². The maximum absolute atomic E-state index is 13.1. The van der Waals surface area contributed by atoms with Gasteiger partial charge in [-0.2, -0.15) is 33.7 Å². The van der Waals surface area contributed by atoms with Gasteiger partial charge in [-0.1, -0.05) is 0 Å². The molecular weight excluding hydrogens is 327 g/mol. The molecule has 3 N–H and O–H groups in total. The monoisotopic (exact) mass is 343 g/mol. The van der Waals surface area contributed by atoms with Crippen LogP contribution >= 0.6 is 0 Å². The second-order valence-electron chi connectivity index (χ2n) is 5.46. The summed E-state index contributed by atoms with van der Waals surface area (Å²) in [4.78, 5) is 12.2. The zero-order chi connectivity index (χ0) is 17.2. The largest absolute Gasteiger partial charge is 0.412 e. The van der Waals surface area contributed by atoms with Crippen LogP contribution in [0.3, 0.4) is 0 Å². The number of halogens is 3. The molecule has 130 valence electrons. The smallest absolute Gasteiger partial charge is 0.348 e. The van der Waals surface area contributed by atoms with Gasteiger partial charge in [-0.15, -0.1) is 0 Å². The minimum Gasteiger partial charge on any atom is -0.348 e. The number of nitrogens with zero attached hydrogens (tertiary/aromatic N) is 4. The van der Waals surface area contributed by atoms with Gasteiger partial charge in [-0.3, -0.25) is 9.48 Å². The van der Waals surface area contributed by atoms with Crippen molar-refractivity contribution in [1.82, 2.24) is 35.8 Å². The van der Waals surface area contributed by atoms with Crippen molar-refractivity contribution < 1.29 is 18.0 Å². The molecule has 24 heavy (non-hydrogen) atoms. The maximum atomic E-state index is 13.1. The molecule has 0 aromatic carbocycles. The third kappa shape index (κ3) is 3.40. The molecule has 1 aliphatic rings. The van der Waals surface area contributed by atoms with E-state index in [0.29, 0.717) is 5.69 Å². The average Bonchev–Trinajstić information content (AvgIpc) is 3.26. The van der Waals surface area contributed by atoms with Crippen LogP contribution in [-0.4, -0.2) is 50.4 Å². The van der Waals surface area contributed by atoms with E-state index in [2.05, 4.69) is 31.1 Å². The van der Waals surface area contributed by atoms with Crippen LogP contribution < -0.4 is 10.6 Å². The van der Waals surface area contributed by atoms with Crippen molar-refractivity contribution in [1.29, 1.82) is 0 Å². The summed E-state index contributed by atoms with van der Waals surface area (Å²) in [5.41, 5.74) is 0.434. The molecule has 8 nitrogen and oxygen atoms in total. The van der Waals surface area contributed by atoms with Gasteiger partial charge in [-0.05, 0) is 25.5 Å². The summed E-state index contributed by atoms with van der Waals surface area (Å²) in [7, 11) is 0. The summed E-state index contributed by atoms with van der Waals surface area (Å²) in [6.45, 7) is 0.155. The first-order valence-corrected chi connectivity index (χ1v) is 7.45. The van der Waals surface area contributed by atoms with Gasteiger partial charge >= 0.3 is 6.18 Å². The second kappa shape index (κ2) is 6.59. The number of amides is 1. The van der Waals surface area contributed by atoms with Crippen LogP contribution in [0, 0.1) is 0 Å². The molecule has 1 amide bonds. The average molecular weight is 343 g/mol. The first kappa shape index (κ1) is 16.4. The Bertz CT molecular complexity index is 676. The molecule has 3 rings (SSSR count). The normalized spacial score (nSPS) is 19.4. The number of alkyl halides is 3.